The normalized spacial score (nSPS) is 20.7. The lowest BCUT2D eigenvalue weighted by atomic mass is 10.1. The van der Waals surface area contributed by atoms with Gasteiger partial charge in [-0.15, -0.1) is 5.10 Å². The molecule has 8 heteroatoms. The van der Waals surface area contributed by atoms with Crippen molar-refractivity contribution >= 4 is 17.5 Å². The van der Waals surface area contributed by atoms with Gasteiger partial charge in [-0.3, -0.25) is 4.79 Å². The second-order valence-corrected chi connectivity index (χ2v) is 5.98. The van der Waals surface area contributed by atoms with Gasteiger partial charge >= 0.3 is 0 Å². The van der Waals surface area contributed by atoms with Crippen LogP contribution in [-0.2, 0) is 0 Å². The third-order valence-electron chi connectivity index (χ3n) is 4.11. The molecule has 0 bridgehead atoms. The minimum absolute atomic E-state index is 0.0271. The first-order valence-electron chi connectivity index (χ1n) is 7.38. The molecule has 6 nitrogen and oxygen atoms in total. The molecule has 23 heavy (non-hydrogen) atoms. The second-order valence-electron chi connectivity index (χ2n) is 5.57. The van der Waals surface area contributed by atoms with Gasteiger partial charge in [0.1, 0.15) is 5.69 Å². The molecule has 2 N–H and O–H groups in total. The van der Waals surface area contributed by atoms with E-state index in [9.17, 15) is 14.3 Å². The molecule has 0 radical (unpaired) electrons. The summed E-state index contributed by atoms with van der Waals surface area (Å²) in [6, 6.07) is 4.45. The number of benzene rings is 1. The number of nitrogens with zero attached hydrogens (tertiary/aromatic N) is 3. The first-order chi connectivity index (χ1) is 11.1. The fourth-order valence-electron chi connectivity index (χ4n) is 2.84. The summed E-state index contributed by atoms with van der Waals surface area (Å²) >= 11 is 5.74. The highest BCUT2D eigenvalue weighted by atomic mass is 35.5. The van der Waals surface area contributed by atoms with Gasteiger partial charge < -0.3 is 10.4 Å². The van der Waals surface area contributed by atoms with Gasteiger partial charge in [-0.25, -0.2) is 9.07 Å². The number of rotatable bonds is 4. The Labute approximate surface area is 137 Å². The van der Waals surface area contributed by atoms with Crippen molar-refractivity contribution in [3.8, 4) is 5.69 Å². The summed E-state index contributed by atoms with van der Waals surface area (Å²) in [5, 5.41) is 19.7. The van der Waals surface area contributed by atoms with Gasteiger partial charge in [0, 0.05) is 18.6 Å². The Hall–Kier alpha value is -1.99. The van der Waals surface area contributed by atoms with Gasteiger partial charge in [0.05, 0.1) is 11.2 Å². The van der Waals surface area contributed by atoms with E-state index in [4.69, 9.17) is 11.6 Å². The third-order valence-corrected chi connectivity index (χ3v) is 4.41. The van der Waals surface area contributed by atoms with Crippen molar-refractivity contribution in [3.63, 3.8) is 0 Å². The van der Waals surface area contributed by atoms with Crippen LogP contribution >= 0.6 is 11.6 Å². The van der Waals surface area contributed by atoms with Gasteiger partial charge in [0.25, 0.3) is 5.91 Å². The maximum Gasteiger partial charge on any atom is 0.273 e. The number of carbonyl (C=O) groups is 1. The monoisotopic (exact) mass is 338 g/mol. The molecule has 1 aromatic carbocycles. The first-order valence-corrected chi connectivity index (χ1v) is 7.76. The quantitative estimate of drug-likeness (QED) is 0.893. The fraction of sp³-hybridized carbons (Fsp3) is 0.400. The number of amides is 1. The molecule has 1 aliphatic rings. The number of hydrogen-bond acceptors (Lipinski definition) is 4. The summed E-state index contributed by atoms with van der Waals surface area (Å²) in [5.74, 6) is -0.939. The number of hydrogen-bond donors (Lipinski definition) is 2. The molecule has 1 aromatic heterocycles. The number of aliphatic hydroxyl groups is 1. The van der Waals surface area contributed by atoms with Gasteiger partial charge in [-0.2, -0.15) is 0 Å². The zero-order valence-corrected chi connectivity index (χ0v) is 13.0. The van der Waals surface area contributed by atoms with Crippen LogP contribution in [0.25, 0.3) is 5.69 Å². The van der Waals surface area contributed by atoms with E-state index in [0.717, 1.165) is 19.3 Å². The first kappa shape index (κ1) is 15.9. The van der Waals surface area contributed by atoms with Crippen molar-refractivity contribution in [3.05, 3.63) is 40.9 Å². The molecular formula is C15H16ClFN4O2. The Morgan fingerprint density at radius 3 is 3.09 bits per heavy atom. The largest absolute Gasteiger partial charge is 0.396 e. The second kappa shape index (κ2) is 6.64. The molecule has 122 valence electrons. The number of aromatic nitrogens is 3. The molecule has 1 aliphatic carbocycles. The van der Waals surface area contributed by atoms with Crippen LogP contribution in [0.15, 0.2) is 24.4 Å². The van der Waals surface area contributed by atoms with Crippen LogP contribution in [0.1, 0.15) is 29.8 Å². The number of carbonyl (C=O) groups excluding carboxylic acids is 1. The van der Waals surface area contributed by atoms with Crippen LogP contribution in [0.4, 0.5) is 4.39 Å². The lowest BCUT2D eigenvalue weighted by Gasteiger charge is -2.17. The molecule has 0 aliphatic heterocycles. The summed E-state index contributed by atoms with van der Waals surface area (Å²) in [4.78, 5) is 12.2. The summed E-state index contributed by atoms with van der Waals surface area (Å²) in [6.07, 6.45) is 4.04. The molecule has 0 unspecified atom stereocenters. The van der Waals surface area contributed by atoms with E-state index >= 15 is 0 Å². The van der Waals surface area contributed by atoms with E-state index in [1.165, 1.54) is 23.0 Å². The van der Waals surface area contributed by atoms with E-state index in [1.807, 2.05) is 0 Å². The molecule has 1 fully saturated rings. The number of nitrogens with one attached hydrogen (secondary N) is 1. The van der Waals surface area contributed by atoms with Crippen LogP contribution in [0.5, 0.6) is 0 Å². The minimum Gasteiger partial charge on any atom is -0.396 e. The highest BCUT2D eigenvalue weighted by Crippen LogP contribution is 2.25. The van der Waals surface area contributed by atoms with Crippen molar-refractivity contribution in [2.75, 3.05) is 6.61 Å². The summed E-state index contributed by atoms with van der Waals surface area (Å²) in [6.45, 7) is 0.0470. The van der Waals surface area contributed by atoms with Crippen LogP contribution in [-0.4, -0.2) is 38.7 Å². The topological polar surface area (TPSA) is 80.0 Å². The Bertz CT molecular complexity index is 721. The van der Waals surface area contributed by atoms with Crippen LogP contribution in [0, 0.1) is 11.7 Å². The highest BCUT2D eigenvalue weighted by Gasteiger charge is 2.28. The molecule has 1 saturated carbocycles. The molecule has 0 spiro atoms. The Balaban J connectivity index is 1.76. The molecular weight excluding hydrogens is 323 g/mol. The van der Waals surface area contributed by atoms with Crippen molar-refractivity contribution in [2.45, 2.75) is 25.3 Å². The molecule has 1 heterocycles. The van der Waals surface area contributed by atoms with Crippen molar-refractivity contribution in [1.82, 2.24) is 20.3 Å². The average molecular weight is 339 g/mol. The Morgan fingerprint density at radius 1 is 1.48 bits per heavy atom. The zero-order valence-electron chi connectivity index (χ0n) is 12.2. The maximum atomic E-state index is 14.0. The van der Waals surface area contributed by atoms with Crippen LogP contribution < -0.4 is 5.32 Å². The minimum atomic E-state index is -0.623. The van der Waals surface area contributed by atoms with Crippen LogP contribution in [0.3, 0.4) is 0 Å². The molecule has 0 saturated heterocycles. The van der Waals surface area contributed by atoms with Gasteiger partial charge in [-0.05, 0) is 25.0 Å². The summed E-state index contributed by atoms with van der Waals surface area (Å²) in [5.41, 5.74) is 0.214. The van der Waals surface area contributed by atoms with Gasteiger partial charge in [0.2, 0.25) is 0 Å². The van der Waals surface area contributed by atoms with E-state index in [2.05, 4.69) is 15.6 Å². The smallest absolute Gasteiger partial charge is 0.273 e. The van der Waals surface area contributed by atoms with E-state index < -0.39 is 5.82 Å². The Morgan fingerprint density at radius 2 is 2.30 bits per heavy atom. The Kier molecular flexibility index (Phi) is 4.58. The molecule has 2 atom stereocenters. The van der Waals surface area contributed by atoms with E-state index in [0.29, 0.717) is 0 Å². The molecule has 1 amide bonds. The standard InChI is InChI=1S/C15H16ClFN4O2/c16-10-4-2-6-13(14(10)17)21-7-12(19-20-21)15(23)18-11-5-1-3-9(11)8-22/h2,4,6-7,9,11,22H,1,3,5,8H2,(H,18,23)/t9-,11-/m0/s1. The van der Waals surface area contributed by atoms with Crippen LogP contribution in [0.2, 0.25) is 5.02 Å². The average Bonchev–Trinajstić information content (AvgIpc) is 3.19. The summed E-state index contributed by atoms with van der Waals surface area (Å²) < 4.78 is 15.1. The van der Waals surface area contributed by atoms with Gasteiger partial charge in [-0.1, -0.05) is 29.3 Å². The molecule has 2 aromatic rings. The maximum absolute atomic E-state index is 14.0. The van der Waals surface area contributed by atoms with E-state index in [-0.39, 0.29) is 40.9 Å². The molecule has 3 rings (SSSR count). The SMILES string of the molecule is O=C(N[C@H]1CCC[C@H]1CO)c1cn(-c2cccc(Cl)c2F)nn1. The van der Waals surface area contributed by atoms with Crippen molar-refractivity contribution in [2.24, 2.45) is 5.92 Å². The lowest BCUT2D eigenvalue weighted by Crippen LogP contribution is -2.38. The lowest BCUT2D eigenvalue weighted by molar-refractivity contribution is 0.0911. The fourth-order valence-corrected chi connectivity index (χ4v) is 3.01. The predicted molar refractivity (Wildman–Crippen MR) is 82.0 cm³/mol. The predicted octanol–water partition coefficient (Wildman–Crippen LogP) is 1.95. The van der Waals surface area contributed by atoms with Crippen molar-refractivity contribution < 1.29 is 14.3 Å². The van der Waals surface area contributed by atoms with Crippen molar-refractivity contribution in [1.29, 1.82) is 0 Å². The third kappa shape index (κ3) is 3.20. The van der Waals surface area contributed by atoms with Gasteiger partial charge in [0.15, 0.2) is 11.5 Å². The number of aliphatic hydroxyl groups excluding tert-OH is 1. The highest BCUT2D eigenvalue weighted by molar-refractivity contribution is 6.30. The van der Waals surface area contributed by atoms with E-state index in [1.54, 1.807) is 6.07 Å². The number of halogens is 2. The zero-order chi connectivity index (χ0) is 16.4. The summed E-state index contributed by atoms with van der Waals surface area (Å²) in [7, 11) is 0.